The summed E-state index contributed by atoms with van der Waals surface area (Å²) in [6, 6.07) is 2.15. The predicted octanol–water partition coefficient (Wildman–Crippen LogP) is 3.91. The summed E-state index contributed by atoms with van der Waals surface area (Å²) in [6.45, 7) is 6.20. The van der Waals surface area contributed by atoms with E-state index < -0.39 is 0 Å². The highest BCUT2D eigenvalue weighted by molar-refractivity contribution is 4.67. The van der Waals surface area contributed by atoms with Crippen LogP contribution in [0.15, 0.2) is 0 Å². The quantitative estimate of drug-likeness (QED) is 0.513. The van der Waals surface area contributed by atoms with Crippen molar-refractivity contribution in [1.82, 2.24) is 0 Å². The Balaban J connectivity index is 3.27. The van der Waals surface area contributed by atoms with E-state index in [1.54, 1.807) is 0 Å². The molecule has 2 heteroatoms. The third-order valence-electron chi connectivity index (χ3n) is 2.72. The fourth-order valence-electron chi connectivity index (χ4n) is 1.56. The Hall–Kier alpha value is -0.550. The highest BCUT2D eigenvalue weighted by Crippen LogP contribution is 2.12. The van der Waals surface area contributed by atoms with E-state index in [2.05, 4.69) is 19.9 Å². The van der Waals surface area contributed by atoms with E-state index in [0.29, 0.717) is 6.42 Å². The molecule has 0 rings (SSSR count). The van der Waals surface area contributed by atoms with Gasteiger partial charge < -0.3 is 4.74 Å². The minimum atomic E-state index is 0.663. The van der Waals surface area contributed by atoms with Crippen LogP contribution < -0.4 is 0 Å². The number of nitrogens with zero attached hydrogens (tertiary/aromatic N) is 1. The first kappa shape index (κ1) is 14.5. The molecule has 0 aliphatic heterocycles. The molecule has 88 valence electrons. The summed E-state index contributed by atoms with van der Waals surface area (Å²) < 4.78 is 5.62. The van der Waals surface area contributed by atoms with Crippen molar-refractivity contribution in [3.63, 3.8) is 0 Å². The topological polar surface area (TPSA) is 33.0 Å². The van der Waals surface area contributed by atoms with E-state index in [1.165, 1.54) is 25.7 Å². The lowest BCUT2D eigenvalue weighted by atomic mass is 10.0. The molecule has 0 amide bonds. The Morgan fingerprint density at radius 3 is 2.60 bits per heavy atom. The van der Waals surface area contributed by atoms with Crippen LogP contribution in [0.4, 0.5) is 0 Å². The van der Waals surface area contributed by atoms with E-state index in [4.69, 9.17) is 10.00 Å². The van der Waals surface area contributed by atoms with E-state index in [9.17, 15) is 0 Å². The monoisotopic (exact) mass is 211 g/mol. The zero-order chi connectivity index (χ0) is 11.4. The minimum absolute atomic E-state index is 0.663. The van der Waals surface area contributed by atoms with Gasteiger partial charge in [-0.15, -0.1) is 0 Å². The maximum absolute atomic E-state index is 8.36. The van der Waals surface area contributed by atoms with Crippen molar-refractivity contribution in [2.75, 3.05) is 13.2 Å². The SMILES string of the molecule is CCCCC(CC)COCCCCC#N. The number of rotatable bonds is 10. The van der Waals surface area contributed by atoms with Crippen LogP contribution in [0, 0.1) is 17.2 Å². The molecule has 0 saturated carbocycles. The smallest absolute Gasteiger partial charge is 0.0621 e. The largest absolute Gasteiger partial charge is 0.381 e. The van der Waals surface area contributed by atoms with Gasteiger partial charge in [-0.1, -0.05) is 33.1 Å². The van der Waals surface area contributed by atoms with E-state index in [-0.39, 0.29) is 0 Å². The molecule has 0 fully saturated rings. The lowest BCUT2D eigenvalue weighted by Gasteiger charge is -2.14. The Morgan fingerprint density at radius 2 is 2.00 bits per heavy atom. The standard InChI is InChI=1S/C13H25NO/c1-3-5-9-13(4-2)12-15-11-8-6-7-10-14/h13H,3-9,11-12H2,1-2H3. The van der Waals surface area contributed by atoms with Crippen molar-refractivity contribution in [2.24, 2.45) is 5.92 Å². The summed E-state index contributed by atoms with van der Waals surface area (Å²) >= 11 is 0. The van der Waals surface area contributed by atoms with Crippen molar-refractivity contribution in [3.8, 4) is 6.07 Å². The molecule has 1 atom stereocenters. The van der Waals surface area contributed by atoms with Gasteiger partial charge >= 0.3 is 0 Å². The Bertz CT molecular complexity index is 162. The molecule has 0 heterocycles. The van der Waals surface area contributed by atoms with Crippen LogP contribution in [0.3, 0.4) is 0 Å². The lowest BCUT2D eigenvalue weighted by Crippen LogP contribution is -2.09. The highest BCUT2D eigenvalue weighted by atomic mass is 16.5. The zero-order valence-corrected chi connectivity index (χ0v) is 10.3. The van der Waals surface area contributed by atoms with Gasteiger partial charge in [0.1, 0.15) is 0 Å². The fourth-order valence-corrected chi connectivity index (χ4v) is 1.56. The van der Waals surface area contributed by atoms with E-state index in [1.807, 2.05) is 0 Å². The first-order chi connectivity index (χ1) is 7.35. The Labute approximate surface area is 94.6 Å². The third-order valence-corrected chi connectivity index (χ3v) is 2.72. The molecule has 0 aromatic heterocycles. The van der Waals surface area contributed by atoms with Gasteiger partial charge in [0.05, 0.1) is 6.07 Å². The van der Waals surface area contributed by atoms with Gasteiger partial charge in [-0.3, -0.25) is 0 Å². The second-order valence-electron chi connectivity index (χ2n) is 4.11. The first-order valence-electron chi connectivity index (χ1n) is 6.29. The van der Waals surface area contributed by atoms with Crippen molar-refractivity contribution >= 4 is 0 Å². The van der Waals surface area contributed by atoms with Gasteiger partial charge in [-0.05, 0) is 25.2 Å². The van der Waals surface area contributed by atoms with Crippen molar-refractivity contribution in [1.29, 1.82) is 5.26 Å². The molecule has 0 radical (unpaired) electrons. The summed E-state index contributed by atoms with van der Waals surface area (Å²) in [5.74, 6) is 0.737. The Morgan fingerprint density at radius 1 is 1.20 bits per heavy atom. The van der Waals surface area contributed by atoms with Crippen LogP contribution in [0.2, 0.25) is 0 Å². The molecule has 0 saturated heterocycles. The molecule has 1 unspecified atom stereocenters. The van der Waals surface area contributed by atoms with Gasteiger partial charge in [0.2, 0.25) is 0 Å². The van der Waals surface area contributed by atoms with Crippen molar-refractivity contribution < 1.29 is 4.74 Å². The van der Waals surface area contributed by atoms with Crippen molar-refractivity contribution in [3.05, 3.63) is 0 Å². The molecular formula is C13H25NO. The zero-order valence-electron chi connectivity index (χ0n) is 10.3. The van der Waals surface area contributed by atoms with Crippen LogP contribution in [-0.4, -0.2) is 13.2 Å². The van der Waals surface area contributed by atoms with Gasteiger partial charge in [0, 0.05) is 19.6 Å². The van der Waals surface area contributed by atoms with Gasteiger partial charge in [0.25, 0.3) is 0 Å². The van der Waals surface area contributed by atoms with E-state index in [0.717, 1.165) is 32.0 Å². The molecule has 0 aliphatic carbocycles. The highest BCUT2D eigenvalue weighted by Gasteiger charge is 2.05. The average Bonchev–Trinajstić information content (AvgIpc) is 2.27. The third kappa shape index (κ3) is 9.75. The Kier molecular flexibility index (Phi) is 11.1. The maximum atomic E-state index is 8.36. The van der Waals surface area contributed by atoms with Gasteiger partial charge in [0.15, 0.2) is 0 Å². The lowest BCUT2D eigenvalue weighted by molar-refractivity contribution is 0.0913. The van der Waals surface area contributed by atoms with Crippen LogP contribution >= 0.6 is 0 Å². The summed E-state index contributed by atoms with van der Waals surface area (Å²) in [5.41, 5.74) is 0. The normalized spacial score (nSPS) is 12.3. The molecule has 0 N–H and O–H groups in total. The molecule has 0 bridgehead atoms. The second-order valence-corrected chi connectivity index (χ2v) is 4.11. The molecule has 0 spiro atoms. The number of unbranched alkanes of at least 4 members (excludes halogenated alkanes) is 3. The van der Waals surface area contributed by atoms with E-state index >= 15 is 0 Å². The maximum Gasteiger partial charge on any atom is 0.0621 e. The first-order valence-corrected chi connectivity index (χ1v) is 6.29. The fraction of sp³-hybridized carbons (Fsp3) is 0.923. The van der Waals surface area contributed by atoms with Crippen LogP contribution in [0.5, 0.6) is 0 Å². The molecule has 0 aromatic rings. The average molecular weight is 211 g/mol. The van der Waals surface area contributed by atoms with Crippen LogP contribution in [0.25, 0.3) is 0 Å². The molecular weight excluding hydrogens is 186 g/mol. The number of ether oxygens (including phenoxy) is 1. The summed E-state index contributed by atoms with van der Waals surface area (Å²) in [4.78, 5) is 0. The van der Waals surface area contributed by atoms with Crippen LogP contribution in [0.1, 0.15) is 58.8 Å². The summed E-state index contributed by atoms with van der Waals surface area (Å²) in [7, 11) is 0. The number of hydrogen-bond donors (Lipinski definition) is 0. The summed E-state index contributed by atoms with van der Waals surface area (Å²) in [6.07, 6.45) is 7.77. The number of nitriles is 1. The molecule has 0 aromatic carbocycles. The molecule has 15 heavy (non-hydrogen) atoms. The molecule has 0 aliphatic rings. The number of hydrogen-bond acceptors (Lipinski definition) is 2. The second kappa shape index (κ2) is 11.5. The van der Waals surface area contributed by atoms with Gasteiger partial charge in [-0.25, -0.2) is 0 Å². The van der Waals surface area contributed by atoms with Crippen LogP contribution in [-0.2, 0) is 4.74 Å². The summed E-state index contributed by atoms with van der Waals surface area (Å²) in [5, 5.41) is 8.36. The van der Waals surface area contributed by atoms with Gasteiger partial charge in [-0.2, -0.15) is 5.26 Å². The molecule has 2 nitrogen and oxygen atoms in total. The minimum Gasteiger partial charge on any atom is -0.381 e. The van der Waals surface area contributed by atoms with Crippen molar-refractivity contribution in [2.45, 2.75) is 58.8 Å². The predicted molar refractivity (Wildman–Crippen MR) is 63.6 cm³/mol.